The van der Waals surface area contributed by atoms with Gasteiger partial charge in [-0.25, -0.2) is 13.4 Å². The molecule has 182 valence electrons. The summed E-state index contributed by atoms with van der Waals surface area (Å²) in [5.74, 6) is 0.177. The van der Waals surface area contributed by atoms with E-state index in [1.54, 1.807) is 12.1 Å². The van der Waals surface area contributed by atoms with Gasteiger partial charge >= 0.3 is 6.01 Å². The molecule has 0 aliphatic rings. The smallest absolute Gasteiger partial charge is 0.321 e. The zero-order valence-corrected chi connectivity index (χ0v) is 21.7. The summed E-state index contributed by atoms with van der Waals surface area (Å²) >= 11 is 6.90. The number of anilines is 3. The summed E-state index contributed by atoms with van der Waals surface area (Å²) in [5, 5.41) is 7.12. The fraction of sp³-hybridized carbons (Fsp3) is 0.182. The molecule has 2 aromatic heterocycles. The van der Waals surface area contributed by atoms with Gasteiger partial charge in [0, 0.05) is 11.8 Å². The highest BCUT2D eigenvalue weighted by molar-refractivity contribution is 7.92. The summed E-state index contributed by atoms with van der Waals surface area (Å²) in [4.78, 5) is 12.5. The second-order valence-corrected chi connectivity index (χ2v) is 10.5. The first-order valence-electron chi connectivity index (χ1n) is 10.2. The molecule has 0 spiro atoms. The molecule has 0 atom stereocenters. The Labute approximate surface area is 211 Å². The largest absolute Gasteiger partial charge is 0.481 e. The molecule has 0 saturated heterocycles. The first-order valence-corrected chi connectivity index (χ1v) is 12.9. The molecule has 10 nitrogen and oxygen atoms in total. The van der Waals surface area contributed by atoms with E-state index in [2.05, 4.69) is 43.3 Å². The molecule has 0 unspecified atom stereocenters. The highest BCUT2D eigenvalue weighted by Gasteiger charge is 2.17. The van der Waals surface area contributed by atoms with Crippen molar-refractivity contribution in [3.05, 3.63) is 53.6 Å². The fourth-order valence-corrected chi connectivity index (χ4v) is 5.28. The fourth-order valence-electron chi connectivity index (χ4n) is 3.06. The summed E-state index contributed by atoms with van der Waals surface area (Å²) in [6.45, 7) is 4.11. The molecule has 3 N–H and O–H groups in total. The lowest BCUT2D eigenvalue weighted by molar-refractivity contribution is 0.353. The topological polar surface area (TPSA) is 127 Å². The van der Waals surface area contributed by atoms with Crippen LogP contribution >= 0.6 is 23.6 Å². The van der Waals surface area contributed by atoms with Crippen molar-refractivity contribution >= 4 is 65.5 Å². The SMILES string of the molecule is COc1cc(NS(=O)(=O)c2ccc(NC(=S)Nc3nc4cc(C)c(C)cc4s3)cc2)nc(OC)n1. The Kier molecular flexibility index (Phi) is 7.00. The number of nitrogens with zero attached hydrogens (tertiary/aromatic N) is 3. The van der Waals surface area contributed by atoms with Gasteiger partial charge < -0.3 is 20.1 Å². The first-order chi connectivity index (χ1) is 16.7. The van der Waals surface area contributed by atoms with Crippen molar-refractivity contribution in [3.63, 3.8) is 0 Å². The van der Waals surface area contributed by atoms with Gasteiger partial charge in [0.1, 0.15) is 0 Å². The molecule has 0 bridgehead atoms. The number of ether oxygens (including phenoxy) is 2. The molecule has 2 aromatic carbocycles. The number of methoxy groups -OCH3 is 2. The number of aryl methyl sites for hydroxylation is 2. The lowest BCUT2D eigenvalue weighted by Crippen LogP contribution is -2.19. The molecular weight excluding hydrogens is 508 g/mol. The van der Waals surface area contributed by atoms with Crippen LogP contribution in [0.3, 0.4) is 0 Å². The van der Waals surface area contributed by atoms with E-state index in [9.17, 15) is 8.42 Å². The second kappa shape index (κ2) is 9.98. The van der Waals surface area contributed by atoms with Gasteiger partial charge in [-0.1, -0.05) is 11.3 Å². The zero-order valence-electron chi connectivity index (χ0n) is 19.2. The Bertz CT molecular complexity index is 1440. The Morgan fingerprint density at radius 3 is 2.34 bits per heavy atom. The van der Waals surface area contributed by atoms with E-state index in [0.717, 1.165) is 10.2 Å². The predicted octanol–water partition coefficient (Wildman–Crippen LogP) is 4.33. The predicted molar refractivity (Wildman–Crippen MR) is 141 cm³/mol. The summed E-state index contributed by atoms with van der Waals surface area (Å²) in [6.07, 6.45) is 0. The molecule has 0 fully saturated rings. The zero-order chi connectivity index (χ0) is 25.2. The maximum atomic E-state index is 12.8. The van der Waals surface area contributed by atoms with Gasteiger partial charge in [-0.3, -0.25) is 4.72 Å². The molecule has 0 saturated carbocycles. The molecule has 4 aromatic rings. The van der Waals surface area contributed by atoms with E-state index in [1.165, 1.54) is 54.9 Å². The Hall–Kier alpha value is -3.55. The van der Waals surface area contributed by atoms with Crippen molar-refractivity contribution < 1.29 is 17.9 Å². The van der Waals surface area contributed by atoms with Crippen LogP contribution in [0.15, 0.2) is 47.4 Å². The van der Waals surface area contributed by atoms with Crippen LogP contribution in [0, 0.1) is 13.8 Å². The number of hydrogen-bond acceptors (Lipinski definition) is 9. The quantitative estimate of drug-likeness (QED) is 0.297. The first kappa shape index (κ1) is 24.6. The Balaban J connectivity index is 1.43. The van der Waals surface area contributed by atoms with Gasteiger partial charge in [-0.2, -0.15) is 9.97 Å². The van der Waals surface area contributed by atoms with Crippen LogP contribution in [0.25, 0.3) is 10.2 Å². The molecule has 4 rings (SSSR count). The van der Waals surface area contributed by atoms with Gasteiger partial charge in [0.05, 0.1) is 29.3 Å². The Morgan fingerprint density at radius 1 is 0.943 bits per heavy atom. The third kappa shape index (κ3) is 5.75. The standard InChI is InChI=1S/C22H22N6O4S3/c1-12-9-16-17(10-13(12)2)34-22(24-16)27-21(33)23-14-5-7-15(8-6-14)35(29,30)28-18-11-19(31-3)26-20(25-18)32-4/h5-11H,1-4H3,(H,25,26,28)(H2,23,24,27,33). The highest BCUT2D eigenvalue weighted by atomic mass is 32.2. The van der Waals surface area contributed by atoms with E-state index in [0.29, 0.717) is 15.9 Å². The van der Waals surface area contributed by atoms with Crippen molar-refractivity contribution in [2.75, 3.05) is 29.6 Å². The number of nitrogens with one attached hydrogen (secondary N) is 3. The molecule has 0 aliphatic heterocycles. The molecule has 35 heavy (non-hydrogen) atoms. The number of thiocarbonyl (C=S) groups is 1. The van der Waals surface area contributed by atoms with Crippen LogP contribution in [0.2, 0.25) is 0 Å². The van der Waals surface area contributed by atoms with Gasteiger partial charge in [-0.15, -0.1) is 0 Å². The number of aromatic nitrogens is 3. The van der Waals surface area contributed by atoms with Crippen molar-refractivity contribution in [1.82, 2.24) is 15.0 Å². The van der Waals surface area contributed by atoms with E-state index < -0.39 is 10.0 Å². The van der Waals surface area contributed by atoms with Crippen LogP contribution < -0.4 is 24.8 Å². The van der Waals surface area contributed by atoms with Gasteiger partial charge in [-0.05, 0) is 73.6 Å². The minimum absolute atomic E-state index is 0.0162. The minimum Gasteiger partial charge on any atom is -0.481 e. The van der Waals surface area contributed by atoms with Crippen LogP contribution in [0.4, 0.5) is 16.6 Å². The molecule has 0 amide bonds. The number of rotatable bonds is 7. The number of hydrogen-bond donors (Lipinski definition) is 3. The maximum Gasteiger partial charge on any atom is 0.321 e. The van der Waals surface area contributed by atoms with E-state index in [-0.39, 0.29) is 22.6 Å². The van der Waals surface area contributed by atoms with Crippen LogP contribution in [-0.4, -0.2) is 42.7 Å². The number of benzene rings is 2. The molecule has 13 heteroatoms. The van der Waals surface area contributed by atoms with Crippen LogP contribution in [0.5, 0.6) is 11.9 Å². The summed E-state index contributed by atoms with van der Waals surface area (Å²) in [5.41, 5.74) is 3.90. The minimum atomic E-state index is -3.91. The summed E-state index contributed by atoms with van der Waals surface area (Å²) in [6, 6.07) is 11.6. The summed E-state index contributed by atoms with van der Waals surface area (Å²) < 4.78 is 39.1. The lowest BCUT2D eigenvalue weighted by atomic mass is 10.1. The van der Waals surface area contributed by atoms with Gasteiger partial charge in [0.15, 0.2) is 16.1 Å². The number of thiazole rings is 1. The van der Waals surface area contributed by atoms with Crippen LogP contribution in [0.1, 0.15) is 11.1 Å². The number of sulfonamides is 1. The van der Waals surface area contributed by atoms with Crippen molar-refractivity contribution in [3.8, 4) is 11.9 Å². The Morgan fingerprint density at radius 2 is 1.66 bits per heavy atom. The lowest BCUT2D eigenvalue weighted by Gasteiger charge is -2.11. The van der Waals surface area contributed by atoms with E-state index in [1.807, 2.05) is 13.0 Å². The second-order valence-electron chi connectivity index (χ2n) is 7.41. The van der Waals surface area contributed by atoms with Gasteiger partial charge in [0.2, 0.25) is 5.88 Å². The maximum absolute atomic E-state index is 12.8. The average molecular weight is 531 g/mol. The average Bonchev–Trinajstić information content (AvgIpc) is 3.19. The molecule has 2 heterocycles. The molecule has 0 aliphatic carbocycles. The molecule has 0 radical (unpaired) electrons. The summed E-state index contributed by atoms with van der Waals surface area (Å²) in [7, 11) is -1.14. The third-order valence-electron chi connectivity index (χ3n) is 4.96. The third-order valence-corrected chi connectivity index (χ3v) is 7.47. The number of fused-ring (bicyclic) bond motifs is 1. The van der Waals surface area contributed by atoms with Crippen molar-refractivity contribution in [2.24, 2.45) is 0 Å². The van der Waals surface area contributed by atoms with Crippen molar-refractivity contribution in [1.29, 1.82) is 0 Å². The van der Waals surface area contributed by atoms with E-state index in [4.69, 9.17) is 21.7 Å². The van der Waals surface area contributed by atoms with Gasteiger partial charge in [0.25, 0.3) is 10.0 Å². The van der Waals surface area contributed by atoms with E-state index >= 15 is 0 Å². The van der Waals surface area contributed by atoms with Crippen LogP contribution in [-0.2, 0) is 10.0 Å². The van der Waals surface area contributed by atoms with Crippen molar-refractivity contribution in [2.45, 2.75) is 18.7 Å². The monoisotopic (exact) mass is 530 g/mol. The highest BCUT2D eigenvalue weighted by Crippen LogP contribution is 2.28. The molecular formula is C22H22N6O4S3. The normalized spacial score (nSPS) is 11.2.